The van der Waals surface area contributed by atoms with Gasteiger partial charge in [-0.2, -0.15) is 4.52 Å². The van der Waals surface area contributed by atoms with Crippen LogP contribution in [0.25, 0.3) is 0 Å². The van der Waals surface area contributed by atoms with Gasteiger partial charge in [0.2, 0.25) is 5.79 Å². The molecule has 0 amide bonds. The van der Waals surface area contributed by atoms with E-state index in [0.29, 0.717) is 0 Å². The number of hydrogen-bond acceptors (Lipinski definition) is 3. The second kappa shape index (κ2) is 2.20. The van der Waals surface area contributed by atoms with Gasteiger partial charge in [0.05, 0.1) is 0 Å². The molecule has 4 heterocycles. The molecule has 4 saturated heterocycles. The molecule has 3 nitrogen and oxygen atoms in total. The summed E-state index contributed by atoms with van der Waals surface area (Å²) in [6, 6.07) is 0. The van der Waals surface area contributed by atoms with Crippen LogP contribution >= 0.6 is 7.72 Å². The third kappa shape index (κ3) is 1.19. The van der Waals surface area contributed by atoms with Crippen molar-refractivity contribution in [3.8, 4) is 0 Å². The lowest BCUT2D eigenvalue weighted by molar-refractivity contribution is -0.330. The molecular weight excluding hydrogens is 199 g/mol. The summed E-state index contributed by atoms with van der Waals surface area (Å²) in [6.07, 6.45) is 2.82. The fourth-order valence-corrected chi connectivity index (χ4v) is 7.43. The zero-order valence-electron chi connectivity index (χ0n) is 9.29. The molecule has 0 aromatic carbocycles. The first-order chi connectivity index (χ1) is 6.24. The van der Waals surface area contributed by atoms with Gasteiger partial charge < -0.3 is 4.74 Å². The highest BCUT2D eigenvalue weighted by atomic mass is 31.2. The maximum atomic E-state index is 6.14. The minimum atomic E-state index is -1.64. The van der Waals surface area contributed by atoms with E-state index in [1.807, 2.05) is 0 Å². The molecule has 0 aliphatic carbocycles. The summed E-state index contributed by atoms with van der Waals surface area (Å²) in [5.41, 5.74) is -0.0262. The van der Waals surface area contributed by atoms with E-state index in [4.69, 9.17) is 13.8 Å². The van der Waals surface area contributed by atoms with E-state index in [2.05, 4.69) is 27.4 Å². The molecule has 0 spiro atoms. The molecule has 4 bridgehead atoms. The van der Waals surface area contributed by atoms with Crippen LogP contribution in [-0.4, -0.2) is 29.8 Å². The highest BCUT2D eigenvalue weighted by Crippen LogP contribution is 2.76. The molecule has 4 rings (SSSR count). The van der Waals surface area contributed by atoms with Gasteiger partial charge in [-0.25, -0.2) is 4.52 Å². The molecule has 4 fully saturated rings. The molecule has 80 valence electrons. The Hall–Kier alpha value is 0.310. The van der Waals surface area contributed by atoms with Gasteiger partial charge in [-0.15, -0.1) is 0 Å². The van der Waals surface area contributed by atoms with E-state index in [1.165, 1.54) is 0 Å². The van der Waals surface area contributed by atoms with Crippen molar-refractivity contribution in [3.05, 3.63) is 0 Å². The van der Waals surface area contributed by atoms with Crippen molar-refractivity contribution >= 4 is 7.72 Å². The van der Waals surface area contributed by atoms with Crippen LogP contribution in [0.2, 0.25) is 0 Å². The lowest BCUT2D eigenvalue weighted by Gasteiger charge is -2.60. The average Bonchev–Trinajstić information content (AvgIpc) is 1.67. The van der Waals surface area contributed by atoms with E-state index in [-0.39, 0.29) is 17.0 Å². The first-order valence-corrected chi connectivity index (χ1v) is 7.47. The molecule has 4 atom stereocenters. The van der Waals surface area contributed by atoms with Crippen molar-refractivity contribution in [2.75, 3.05) is 12.8 Å². The van der Waals surface area contributed by atoms with Crippen LogP contribution in [-0.2, 0) is 13.8 Å². The monoisotopic (exact) mass is 217 g/mol. The molecule has 0 saturated carbocycles. The normalized spacial score (nSPS) is 66.0. The maximum Gasteiger partial charge on any atom is 0.280 e. The van der Waals surface area contributed by atoms with Gasteiger partial charge in [-0.05, 0) is 20.8 Å². The van der Waals surface area contributed by atoms with Crippen LogP contribution in [0.4, 0.5) is 0 Å². The van der Waals surface area contributed by atoms with E-state index in [0.717, 1.165) is 19.0 Å². The third-order valence-electron chi connectivity index (χ3n) is 3.33. The first-order valence-electron chi connectivity index (χ1n) is 5.21. The predicted octanol–water partition coefficient (Wildman–Crippen LogP) is 2.57. The molecule has 0 aromatic heterocycles. The molecule has 4 aliphatic rings. The Balaban J connectivity index is 2.08. The molecule has 0 radical (unpaired) electrons. The summed E-state index contributed by atoms with van der Waals surface area (Å²) in [7, 11) is -1.64. The van der Waals surface area contributed by atoms with E-state index < -0.39 is 7.72 Å². The van der Waals surface area contributed by atoms with Crippen molar-refractivity contribution in [1.29, 1.82) is 0 Å². The SMILES string of the molecule is CC12CC3(C)CC(C)(O1)O[P+](C)(C2)O3. The lowest BCUT2D eigenvalue weighted by Crippen LogP contribution is -2.66. The minimum absolute atomic E-state index is 0.0131. The smallest absolute Gasteiger partial charge is 0.280 e. The van der Waals surface area contributed by atoms with Gasteiger partial charge in [-0.1, -0.05) is 0 Å². The van der Waals surface area contributed by atoms with Crippen LogP contribution in [0.1, 0.15) is 33.6 Å². The summed E-state index contributed by atoms with van der Waals surface area (Å²) in [4.78, 5) is 0. The number of rotatable bonds is 0. The summed E-state index contributed by atoms with van der Waals surface area (Å²) in [6.45, 7) is 8.60. The Bertz CT molecular complexity index is 208. The number of hydrogen-bond donors (Lipinski definition) is 0. The van der Waals surface area contributed by atoms with Gasteiger partial charge in [0.1, 0.15) is 24.0 Å². The summed E-state index contributed by atoms with van der Waals surface area (Å²) >= 11 is 0. The quantitative estimate of drug-likeness (QED) is 0.584. The van der Waals surface area contributed by atoms with E-state index >= 15 is 0 Å². The topological polar surface area (TPSA) is 27.7 Å². The standard InChI is InChI=1S/C10H18O3P/c1-8-5-9(2)7-14(4,12-8)13-10(3,6-8)11-9/h5-7H2,1-4H3/q+1. The van der Waals surface area contributed by atoms with Crippen LogP contribution in [0.5, 0.6) is 0 Å². The summed E-state index contributed by atoms with van der Waals surface area (Å²) in [5, 5.41) is 0. The molecule has 14 heavy (non-hydrogen) atoms. The molecular formula is C10H18O3P+. The lowest BCUT2D eigenvalue weighted by atomic mass is 9.81. The van der Waals surface area contributed by atoms with Crippen molar-refractivity contribution in [1.82, 2.24) is 0 Å². The fraction of sp³-hybridized carbons (Fsp3) is 1.00. The Morgan fingerprint density at radius 3 is 2.21 bits per heavy atom. The molecule has 4 aliphatic heterocycles. The van der Waals surface area contributed by atoms with E-state index in [1.54, 1.807) is 0 Å². The summed E-state index contributed by atoms with van der Waals surface area (Å²) < 4.78 is 18.2. The van der Waals surface area contributed by atoms with Gasteiger partial charge in [-0.3, -0.25) is 0 Å². The van der Waals surface area contributed by atoms with E-state index in [9.17, 15) is 0 Å². The molecule has 4 unspecified atom stereocenters. The van der Waals surface area contributed by atoms with Gasteiger partial charge in [0.25, 0.3) is 7.72 Å². The van der Waals surface area contributed by atoms with Crippen LogP contribution in [0, 0.1) is 0 Å². The Morgan fingerprint density at radius 2 is 1.71 bits per heavy atom. The average molecular weight is 217 g/mol. The minimum Gasteiger partial charge on any atom is -0.336 e. The molecule has 0 aromatic rings. The fourth-order valence-electron chi connectivity index (χ4n) is 3.90. The van der Waals surface area contributed by atoms with Gasteiger partial charge in [0, 0.05) is 12.8 Å². The highest BCUT2D eigenvalue weighted by Gasteiger charge is 2.72. The number of ether oxygens (including phenoxy) is 1. The zero-order valence-corrected chi connectivity index (χ0v) is 10.2. The largest absolute Gasteiger partial charge is 0.336 e. The van der Waals surface area contributed by atoms with Gasteiger partial charge >= 0.3 is 0 Å². The van der Waals surface area contributed by atoms with Gasteiger partial charge in [0.15, 0.2) is 0 Å². The van der Waals surface area contributed by atoms with Crippen LogP contribution in [0.15, 0.2) is 0 Å². The highest BCUT2D eigenvalue weighted by molar-refractivity contribution is 7.66. The summed E-state index contributed by atoms with van der Waals surface area (Å²) in [5.74, 6) is -0.388. The van der Waals surface area contributed by atoms with Crippen molar-refractivity contribution < 1.29 is 13.8 Å². The predicted molar refractivity (Wildman–Crippen MR) is 55.4 cm³/mol. The Kier molecular flexibility index (Phi) is 1.49. The Labute approximate surface area is 85.6 Å². The van der Waals surface area contributed by atoms with Crippen LogP contribution in [0.3, 0.4) is 0 Å². The van der Waals surface area contributed by atoms with Crippen molar-refractivity contribution in [3.63, 3.8) is 0 Å². The second-order valence-electron chi connectivity index (χ2n) is 5.84. The zero-order chi connectivity index (χ0) is 10.2. The first kappa shape index (κ1) is 9.53. The third-order valence-corrected chi connectivity index (χ3v) is 6.17. The van der Waals surface area contributed by atoms with Crippen molar-refractivity contribution in [2.24, 2.45) is 0 Å². The van der Waals surface area contributed by atoms with Crippen molar-refractivity contribution in [2.45, 2.75) is 50.6 Å². The Morgan fingerprint density at radius 1 is 1.00 bits per heavy atom. The van der Waals surface area contributed by atoms with Crippen LogP contribution < -0.4 is 0 Å². The second-order valence-corrected chi connectivity index (χ2v) is 8.55. The molecule has 0 N–H and O–H groups in total. The molecule has 4 heteroatoms. The maximum absolute atomic E-state index is 6.14.